The van der Waals surface area contributed by atoms with Crippen LogP contribution in [0.4, 0.5) is 0 Å². The molecule has 1 rings (SSSR count). The Bertz CT molecular complexity index is 359. The largest absolute Gasteiger partial charge is 0.394 e. The molecule has 0 aromatic heterocycles. The van der Waals surface area contributed by atoms with Crippen LogP contribution in [-0.4, -0.2) is 59.6 Å². The van der Waals surface area contributed by atoms with Gasteiger partial charge >= 0.3 is 0 Å². The number of allylic oxidation sites excluding steroid dienone is 1. The van der Waals surface area contributed by atoms with E-state index >= 15 is 0 Å². The fraction of sp³-hybridized carbons (Fsp3) is 0.909. The smallest absolute Gasteiger partial charge is 0.115 e. The van der Waals surface area contributed by atoms with E-state index in [0.717, 1.165) is 6.42 Å². The highest BCUT2D eigenvalue weighted by atomic mass is 16.6. The van der Waals surface area contributed by atoms with Gasteiger partial charge in [-0.3, -0.25) is 0 Å². The van der Waals surface area contributed by atoms with E-state index in [9.17, 15) is 15.3 Å². The van der Waals surface area contributed by atoms with Crippen LogP contribution in [0.2, 0.25) is 0 Å². The van der Waals surface area contributed by atoms with Gasteiger partial charge in [0.05, 0.1) is 19.8 Å². The third kappa shape index (κ3) is 11.2. The predicted molar refractivity (Wildman–Crippen MR) is 109 cm³/mol. The first kappa shape index (κ1) is 24.6. The van der Waals surface area contributed by atoms with Crippen LogP contribution in [0, 0.1) is 0 Å². The zero-order chi connectivity index (χ0) is 19.7. The van der Waals surface area contributed by atoms with Gasteiger partial charge in [-0.15, -0.1) is 0 Å². The quantitative estimate of drug-likeness (QED) is 0.278. The maximum atomic E-state index is 9.96. The molecule has 1 fully saturated rings. The highest BCUT2D eigenvalue weighted by molar-refractivity contribution is 4.89. The number of aliphatic hydroxyl groups excluding tert-OH is 3. The second kappa shape index (κ2) is 16.5. The molecule has 4 atom stereocenters. The molecule has 0 radical (unpaired) electrons. The van der Waals surface area contributed by atoms with Gasteiger partial charge in [-0.25, -0.2) is 0 Å². The average molecular weight is 387 g/mol. The van der Waals surface area contributed by atoms with Crippen molar-refractivity contribution in [2.24, 2.45) is 0 Å². The number of ether oxygens (including phenoxy) is 2. The molecule has 27 heavy (non-hydrogen) atoms. The lowest BCUT2D eigenvalue weighted by atomic mass is 10.0. The van der Waals surface area contributed by atoms with E-state index in [-0.39, 0.29) is 13.2 Å². The Kier molecular flexibility index (Phi) is 15.0. The van der Waals surface area contributed by atoms with Crippen molar-refractivity contribution in [3.8, 4) is 0 Å². The molecule has 160 valence electrons. The molecule has 0 aromatic carbocycles. The van der Waals surface area contributed by atoms with Crippen LogP contribution in [-0.2, 0) is 9.47 Å². The van der Waals surface area contributed by atoms with Crippen molar-refractivity contribution in [3.05, 3.63) is 12.2 Å². The summed E-state index contributed by atoms with van der Waals surface area (Å²) < 4.78 is 10.9. The van der Waals surface area contributed by atoms with Crippen LogP contribution >= 0.6 is 0 Å². The number of unbranched alkanes of at least 4 members (excludes halogenated alkanes) is 11. The van der Waals surface area contributed by atoms with Crippen molar-refractivity contribution in [1.29, 1.82) is 0 Å². The summed E-state index contributed by atoms with van der Waals surface area (Å²) in [6, 6.07) is 0. The van der Waals surface area contributed by atoms with E-state index in [1.807, 2.05) is 6.08 Å². The van der Waals surface area contributed by atoms with Crippen LogP contribution in [0.1, 0.15) is 84.0 Å². The minimum Gasteiger partial charge on any atom is -0.394 e. The molecule has 3 N–H and O–H groups in total. The van der Waals surface area contributed by atoms with E-state index in [4.69, 9.17) is 9.47 Å². The first-order valence-electron chi connectivity index (χ1n) is 11.1. The van der Waals surface area contributed by atoms with E-state index in [1.165, 1.54) is 70.6 Å². The second-order valence-corrected chi connectivity index (χ2v) is 7.71. The summed E-state index contributed by atoms with van der Waals surface area (Å²) in [7, 11) is 0. The number of hydrogen-bond acceptors (Lipinski definition) is 5. The molecule has 5 heteroatoms. The van der Waals surface area contributed by atoms with E-state index in [1.54, 1.807) is 0 Å². The van der Waals surface area contributed by atoms with Gasteiger partial charge < -0.3 is 24.8 Å². The van der Waals surface area contributed by atoms with Gasteiger partial charge in [0, 0.05) is 0 Å². The van der Waals surface area contributed by atoms with Crippen molar-refractivity contribution in [1.82, 2.24) is 0 Å². The minimum absolute atomic E-state index is 0.0287. The number of rotatable bonds is 16. The highest BCUT2D eigenvalue weighted by Crippen LogP contribution is 2.18. The summed E-state index contributed by atoms with van der Waals surface area (Å²) in [5, 5.41) is 28.9. The van der Waals surface area contributed by atoms with Crippen molar-refractivity contribution in [3.63, 3.8) is 0 Å². The highest BCUT2D eigenvalue weighted by Gasteiger charge is 2.38. The molecule has 0 bridgehead atoms. The molecule has 0 spiro atoms. The van der Waals surface area contributed by atoms with Gasteiger partial charge in [0.1, 0.15) is 24.4 Å². The maximum Gasteiger partial charge on any atom is 0.115 e. The molecule has 0 aliphatic carbocycles. The Hall–Kier alpha value is -0.460. The Morgan fingerprint density at radius 3 is 2.07 bits per heavy atom. The molecule has 1 heterocycles. The van der Waals surface area contributed by atoms with Crippen molar-refractivity contribution in [2.75, 3.05) is 19.8 Å². The fourth-order valence-corrected chi connectivity index (χ4v) is 3.50. The molecule has 1 aliphatic heterocycles. The molecular formula is C22H42O5. The predicted octanol–water partition coefficient (Wildman–Crippen LogP) is 3.74. The van der Waals surface area contributed by atoms with E-state index < -0.39 is 24.4 Å². The van der Waals surface area contributed by atoms with Crippen LogP contribution in [0.5, 0.6) is 0 Å². The first-order chi connectivity index (χ1) is 13.2. The summed E-state index contributed by atoms with van der Waals surface area (Å²) in [5.74, 6) is 0. The lowest BCUT2D eigenvalue weighted by Gasteiger charge is -2.37. The van der Waals surface area contributed by atoms with Gasteiger partial charge in [-0.2, -0.15) is 0 Å². The minimum atomic E-state index is -1.02. The summed E-state index contributed by atoms with van der Waals surface area (Å²) in [6.07, 6.45) is 16.7. The van der Waals surface area contributed by atoms with Gasteiger partial charge in [-0.1, -0.05) is 83.3 Å². The summed E-state index contributed by atoms with van der Waals surface area (Å²) in [4.78, 5) is 0. The first-order valence-corrected chi connectivity index (χ1v) is 11.1. The van der Waals surface area contributed by atoms with Crippen LogP contribution in [0.3, 0.4) is 0 Å². The molecule has 1 aliphatic rings. The van der Waals surface area contributed by atoms with Gasteiger partial charge in [0.25, 0.3) is 0 Å². The van der Waals surface area contributed by atoms with E-state index in [0.29, 0.717) is 6.61 Å². The molecular weight excluding hydrogens is 344 g/mol. The molecule has 0 unspecified atom stereocenters. The topological polar surface area (TPSA) is 79.2 Å². The van der Waals surface area contributed by atoms with Gasteiger partial charge in [-0.05, 0) is 12.8 Å². The van der Waals surface area contributed by atoms with E-state index in [2.05, 4.69) is 13.0 Å². The standard InChI is InChI=1S/C22H42O5/c1-2-3-4-5-6-7-8-9-10-11-12-13-14-15-16-26-22-20(17-23)27-18-19(24)21(22)25/h14-15,19-25H,2-13,16-18H2,1H3/b15-14+/t19-,20+,21+,22+/m1/s1. The normalized spacial score (nSPS) is 26.1. The molecule has 0 saturated carbocycles. The zero-order valence-corrected chi connectivity index (χ0v) is 17.2. The second-order valence-electron chi connectivity index (χ2n) is 7.71. The lowest BCUT2D eigenvalue weighted by Crippen LogP contribution is -2.55. The van der Waals surface area contributed by atoms with Crippen molar-refractivity contribution >= 4 is 0 Å². The monoisotopic (exact) mass is 386 g/mol. The summed E-state index contributed by atoms with van der Waals surface area (Å²) in [6.45, 7) is 2.42. The SMILES string of the molecule is CCCCCCCCCCCCC/C=C/CO[C@@H]1[C@@H](O)[C@H](O)CO[C@H]1CO. The zero-order valence-electron chi connectivity index (χ0n) is 17.2. The third-order valence-corrected chi connectivity index (χ3v) is 5.28. The Morgan fingerprint density at radius 2 is 1.48 bits per heavy atom. The Labute approximate surface area is 165 Å². The van der Waals surface area contributed by atoms with Crippen LogP contribution in [0.15, 0.2) is 12.2 Å². The average Bonchev–Trinajstić information content (AvgIpc) is 2.68. The van der Waals surface area contributed by atoms with Crippen LogP contribution in [0.25, 0.3) is 0 Å². The Balaban J connectivity index is 1.94. The number of aliphatic hydroxyl groups is 3. The van der Waals surface area contributed by atoms with Crippen LogP contribution < -0.4 is 0 Å². The third-order valence-electron chi connectivity index (χ3n) is 5.28. The molecule has 5 nitrogen and oxygen atoms in total. The van der Waals surface area contributed by atoms with Gasteiger partial charge in [0.15, 0.2) is 0 Å². The lowest BCUT2D eigenvalue weighted by molar-refractivity contribution is -0.208. The molecule has 1 saturated heterocycles. The Morgan fingerprint density at radius 1 is 0.889 bits per heavy atom. The molecule has 0 amide bonds. The maximum absolute atomic E-state index is 9.96. The molecule has 0 aromatic rings. The summed E-state index contributed by atoms with van der Waals surface area (Å²) >= 11 is 0. The summed E-state index contributed by atoms with van der Waals surface area (Å²) in [5.41, 5.74) is 0. The fourth-order valence-electron chi connectivity index (χ4n) is 3.50. The number of hydrogen-bond donors (Lipinski definition) is 3. The van der Waals surface area contributed by atoms with Crippen molar-refractivity contribution in [2.45, 2.75) is 108 Å². The van der Waals surface area contributed by atoms with Gasteiger partial charge in [0.2, 0.25) is 0 Å². The van der Waals surface area contributed by atoms with Crippen molar-refractivity contribution < 1.29 is 24.8 Å².